The van der Waals surface area contributed by atoms with E-state index in [1.807, 2.05) is 0 Å². The number of nitrogens with one attached hydrogen (secondary N) is 1. The van der Waals surface area contributed by atoms with Crippen LogP contribution in [0.25, 0.3) is 0 Å². The molecule has 0 aromatic heterocycles. The summed E-state index contributed by atoms with van der Waals surface area (Å²) >= 11 is 0. The van der Waals surface area contributed by atoms with Crippen molar-refractivity contribution >= 4 is 29.2 Å². The van der Waals surface area contributed by atoms with E-state index < -0.39 is 23.8 Å². The number of nitrogens with zero attached hydrogens (tertiary/aromatic N) is 2. The molecule has 4 amide bonds. The molecule has 29 heavy (non-hydrogen) atoms. The highest BCUT2D eigenvalue weighted by Crippen LogP contribution is 2.24. The van der Waals surface area contributed by atoms with Crippen LogP contribution >= 0.6 is 0 Å². The number of urea groups is 1. The second-order valence-corrected chi connectivity index (χ2v) is 6.42. The van der Waals surface area contributed by atoms with E-state index in [0.29, 0.717) is 22.9 Å². The highest BCUT2D eigenvalue weighted by Gasteiger charge is 2.42. The van der Waals surface area contributed by atoms with E-state index in [1.54, 1.807) is 69.7 Å². The van der Waals surface area contributed by atoms with E-state index >= 15 is 0 Å². The number of carbonyl (C=O) groups excluding carboxylic acids is 3. The van der Waals surface area contributed by atoms with Gasteiger partial charge in [-0.05, 0) is 36.8 Å². The molecule has 1 aliphatic heterocycles. The minimum Gasteiger partial charge on any atom is -0.497 e. The molecule has 0 radical (unpaired) electrons. The Morgan fingerprint density at radius 1 is 1.03 bits per heavy atom. The van der Waals surface area contributed by atoms with Gasteiger partial charge >= 0.3 is 6.03 Å². The Morgan fingerprint density at radius 3 is 2.24 bits per heavy atom. The van der Waals surface area contributed by atoms with Crippen molar-refractivity contribution in [2.24, 2.45) is 10.9 Å². The predicted octanol–water partition coefficient (Wildman–Crippen LogP) is 2.56. The topological polar surface area (TPSA) is 97.3 Å². The van der Waals surface area contributed by atoms with Gasteiger partial charge in [0.25, 0.3) is 5.91 Å². The largest absolute Gasteiger partial charge is 0.497 e. The van der Waals surface area contributed by atoms with Gasteiger partial charge in [0, 0.05) is 11.8 Å². The van der Waals surface area contributed by atoms with E-state index in [0.717, 1.165) is 10.5 Å². The zero-order chi connectivity index (χ0) is 21.0. The van der Waals surface area contributed by atoms with Crippen molar-refractivity contribution in [3.63, 3.8) is 0 Å². The molecule has 0 aliphatic carbocycles. The van der Waals surface area contributed by atoms with Crippen molar-refractivity contribution in [1.29, 1.82) is 0 Å². The van der Waals surface area contributed by atoms with Crippen molar-refractivity contribution < 1.29 is 23.9 Å². The average Bonchev–Trinajstić information content (AvgIpc) is 2.72. The van der Waals surface area contributed by atoms with Gasteiger partial charge in [-0.25, -0.2) is 9.69 Å². The van der Waals surface area contributed by atoms with Crippen LogP contribution in [0.5, 0.6) is 11.5 Å². The molecule has 1 heterocycles. The summed E-state index contributed by atoms with van der Waals surface area (Å²) in [7, 11) is 3.10. The Morgan fingerprint density at radius 2 is 1.66 bits per heavy atom. The molecule has 1 aliphatic rings. The summed E-state index contributed by atoms with van der Waals surface area (Å²) in [5, 5.41) is 2.23. The number of anilines is 1. The molecule has 2 aromatic carbocycles. The second kappa shape index (κ2) is 8.55. The monoisotopic (exact) mass is 395 g/mol. The van der Waals surface area contributed by atoms with Crippen LogP contribution < -0.4 is 19.7 Å². The molecule has 1 unspecified atom stereocenters. The number of rotatable bonds is 6. The predicted molar refractivity (Wildman–Crippen MR) is 107 cm³/mol. The summed E-state index contributed by atoms with van der Waals surface area (Å²) in [6.45, 7) is 1.81. The van der Waals surface area contributed by atoms with Gasteiger partial charge in [-0.2, -0.15) is 0 Å². The summed E-state index contributed by atoms with van der Waals surface area (Å²) in [5.41, 5.74) is 1.49. The van der Waals surface area contributed by atoms with E-state index in [4.69, 9.17) is 9.47 Å². The smallest absolute Gasteiger partial charge is 0.335 e. The van der Waals surface area contributed by atoms with Crippen molar-refractivity contribution in [3.8, 4) is 11.5 Å². The summed E-state index contributed by atoms with van der Waals surface area (Å²) in [6, 6.07) is 13.0. The highest BCUT2D eigenvalue weighted by molar-refractivity contribution is 6.35. The Balaban J connectivity index is 1.85. The van der Waals surface area contributed by atoms with Gasteiger partial charge in [-0.15, -0.1) is 0 Å². The maximum atomic E-state index is 12.9. The zero-order valence-corrected chi connectivity index (χ0v) is 16.3. The van der Waals surface area contributed by atoms with Crippen LogP contribution in [0.4, 0.5) is 10.5 Å². The number of amides is 4. The molecule has 1 fully saturated rings. The Bertz CT molecular complexity index is 949. The minimum atomic E-state index is -1.18. The molecule has 8 nitrogen and oxygen atoms in total. The first-order valence-electron chi connectivity index (χ1n) is 8.91. The normalized spacial score (nSPS) is 17.2. The lowest BCUT2D eigenvalue weighted by Crippen LogP contribution is -2.60. The summed E-state index contributed by atoms with van der Waals surface area (Å²) in [5.74, 6) is -1.27. The molecule has 3 rings (SSSR count). The summed E-state index contributed by atoms with van der Waals surface area (Å²) in [4.78, 5) is 42.8. The minimum absolute atomic E-state index is 0.218. The standard InChI is InChI=1S/C21H21N3O5/c1-13(22-12-14-9-16(28-2)11-17(10-14)29-3)18-19(25)23-21(27)24(20(18)26)15-7-5-4-6-8-15/h4-11,18H,12H2,1-3H3,(H,23,25,27). The average molecular weight is 395 g/mol. The first-order valence-corrected chi connectivity index (χ1v) is 8.91. The van der Waals surface area contributed by atoms with E-state index in [-0.39, 0.29) is 6.54 Å². The molecular formula is C21H21N3O5. The number of para-hydroxylation sites is 1. The lowest BCUT2D eigenvalue weighted by molar-refractivity contribution is -0.131. The Kier molecular flexibility index (Phi) is 5.92. The summed E-state index contributed by atoms with van der Waals surface area (Å²) in [6.07, 6.45) is 0. The molecule has 8 heteroatoms. The van der Waals surface area contributed by atoms with Crippen LogP contribution in [0.2, 0.25) is 0 Å². The van der Waals surface area contributed by atoms with Crippen LogP contribution in [-0.2, 0) is 16.1 Å². The number of hydrogen-bond acceptors (Lipinski definition) is 6. The Labute approximate surface area is 168 Å². The van der Waals surface area contributed by atoms with Crippen molar-refractivity contribution in [2.45, 2.75) is 13.5 Å². The van der Waals surface area contributed by atoms with E-state index in [1.165, 1.54) is 0 Å². The Hall–Kier alpha value is -3.68. The lowest BCUT2D eigenvalue weighted by Gasteiger charge is -2.30. The molecule has 1 saturated heterocycles. The number of hydrogen-bond donors (Lipinski definition) is 1. The molecule has 150 valence electrons. The molecule has 0 saturated carbocycles. The molecule has 2 aromatic rings. The quantitative estimate of drug-likeness (QED) is 0.599. The van der Waals surface area contributed by atoms with Gasteiger partial charge < -0.3 is 9.47 Å². The fourth-order valence-corrected chi connectivity index (χ4v) is 3.03. The number of imide groups is 2. The van der Waals surface area contributed by atoms with Crippen molar-refractivity contribution in [1.82, 2.24) is 5.32 Å². The highest BCUT2D eigenvalue weighted by atomic mass is 16.5. The second-order valence-electron chi connectivity index (χ2n) is 6.42. The maximum absolute atomic E-state index is 12.9. The fourth-order valence-electron chi connectivity index (χ4n) is 3.03. The third kappa shape index (κ3) is 4.26. The molecular weight excluding hydrogens is 374 g/mol. The van der Waals surface area contributed by atoms with Gasteiger partial charge in [0.2, 0.25) is 5.91 Å². The molecule has 1 N–H and O–H groups in total. The SMILES string of the molecule is COc1cc(CN=C(C)C2C(=O)NC(=O)N(c3ccccc3)C2=O)cc(OC)c1. The van der Waals surface area contributed by atoms with Crippen molar-refractivity contribution in [2.75, 3.05) is 19.1 Å². The third-order valence-electron chi connectivity index (χ3n) is 4.52. The van der Waals surface area contributed by atoms with E-state index in [9.17, 15) is 14.4 Å². The van der Waals surface area contributed by atoms with Crippen molar-refractivity contribution in [3.05, 3.63) is 54.1 Å². The number of ether oxygens (including phenoxy) is 2. The number of carbonyl (C=O) groups is 3. The van der Waals surface area contributed by atoms with Crippen LogP contribution in [0.1, 0.15) is 12.5 Å². The molecule has 1 atom stereocenters. The van der Waals surface area contributed by atoms with E-state index in [2.05, 4.69) is 10.3 Å². The third-order valence-corrected chi connectivity index (χ3v) is 4.52. The van der Waals surface area contributed by atoms with Crippen LogP contribution in [0.3, 0.4) is 0 Å². The fraction of sp³-hybridized carbons (Fsp3) is 0.238. The maximum Gasteiger partial charge on any atom is 0.335 e. The van der Waals surface area contributed by atoms with Gasteiger partial charge in [0.05, 0.1) is 26.5 Å². The van der Waals surface area contributed by atoms with Crippen LogP contribution in [0, 0.1) is 5.92 Å². The zero-order valence-electron chi connectivity index (χ0n) is 16.3. The number of methoxy groups -OCH3 is 2. The van der Waals surface area contributed by atoms with Crippen LogP contribution in [0.15, 0.2) is 53.5 Å². The van der Waals surface area contributed by atoms with Crippen LogP contribution in [-0.4, -0.2) is 37.8 Å². The summed E-state index contributed by atoms with van der Waals surface area (Å²) < 4.78 is 10.5. The van der Waals surface area contributed by atoms with Gasteiger partial charge in [-0.3, -0.25) is 19.9 Å². The number of benzene rings is 2. The lowest BCUT2D eigenvalue weighted by atomic mass is 9.99. The van der Waals surface area contributed by atoms with Gasteiger partial charge in [-0.1, -0.05) is 18.2 Å². The van der Waals surface area contributed by atoms with Gasteiger partial charge in [0.1, 0.15) is 11.5 Å². The first-order chi connectivity index (χ1) is 13.9. The van der Waals surface area contributed by atoms with Gasteiger partial charge in [0.15, 0.2) is 5.92 Å². The number of barbiturate groups is 1. The molecule has 0 spiro atoms. The first kappa shape index (κ1) is 20.1. The number of aliphatic imine (C=N–C) groups is 1. The molecule has 0 bridgehead atoms.